The van der Waals surface area contributed by atoms with Gasteiger partial charge in [-0.3, -0.25) is 0 Å². The minimum Gasteiger partial charge on any atom is -0.326 e. The second-order valence-electron chi connectivity index (χ2n) is 4.60. The van der Waals surface area contributed by atoms with Crippen LogP contribution < -0.4 is 5.73 Å². The molecule has 2 unspecified atom stereocenters. The van der Waals surface area contributed by atoms with Crippen LogP contribution in [0.1, 0.15) is 37.2 Å². The molecule has 3 nitrogen and oxygen atoms in total. The van der Waals surface area contributed by atoms with E-state index in [4.69, 9.17) is 5.73 Å². The molecule has 1 aromatic rings. The van der Waals surface area contributed by atoms with Crippen molar-refractivity contribution >= 4 is 0 Å². The van der Waals surface area contributed by atoms with Gasteiger partial charge >= 0.3 is 6.18 Å². The van der Waals surface area contributed by atoms with Crippen molar-refractivity contribution in [3.8, 4) is 0 Å². The standard InChI is InChI=1S/C11H16F3N3/c1-7(15)10(11(12,13)14)17-6-16-8-4-2-3-5-9(8)17/h6-7,10H,2-5,15H2,1H3. The molecule has 17 heavy (non-hydrogen) atoms. The molecule has 1 aliphatic rings. The number of alkyl halides is 3. The van der Waals surface area contributed by atoms with Gasteiger partial charge in [0.05, 0.1) is 12.0 Å². The van der Waals surface area contributed by atoms with Crippen molar-refractivity contribution in [1.29, 1.82) is 0 Å². The van der Waals surface area contributed by atoms with Crippen LogP contribution in [-0.2, 0) is 12.8 Å². The smallest absolute Gasteiger partial charge is 0.326 e. The summed E-state index contributed by atoms with van der Waals surface area (Å²) in [7, 11) is 0. The number of nitrogens with two attached hydrogens (primary N) is 1. The average Bonchev–Trinajstić information content (AvgIpc) is 2.60. The summed E-state index contributed by atoms with van der Waals surface area (Å²) in [6.45, 7) is 1.38. The van der Waals surface area contributed by atoms with Gasteiger partial charge in [0.15, 0.2) is 0 Å². The Morgan fingerprint density at radius 1 is 1.35 bits per heavy atom. The van der Waals surface area contributed by atoms with Gasteiger partial charge in [-0.05, 0) is 32.6 Å². The van der Waals surface area contributed by atoms with Crippen molar-refractivity contribution in [2.75, 3.05) is 0 Å². The topological polar surface area (TPSA) is 43.8 Å². The van der Waals surface area contributed by atoms with Gasteiger partial charge in [-0.1, -0.05) is 0 Å². The van der Waals surface area contributed by atoms with E-state index in [0.29, 0.717) is 12.1 Å². The molecule has 0 saturated carbocycles. The van der Waals surface area contributed by atoms with E-state index in [2.05, 4.69) is 4.98 Å². The molecular formula is C11H16F3N3. The molecule has 6 heteroatoms. The van der Waals surface area contributed by atoms with Gasteiger partial charge in [0.25, 0.3) is 0 Å². The molecule has 0 bridgehead atoms. The van der Waals surface area contributed by atoms with Crippen molar-refractivity contribution in [3.63, 3.8) is 0 Å². The maximum atomic E-state index is 13.0. The fraction of sp³-hybridized carbons (Fsp3) is 0.727. The number of aromatic nitrogens is 2. The summed E-state index contributed by atoms with van der Waals surface area (Å²) in [6, 6.07) is -2.65. The van der Waals surface area contributed by atoms with E-state index in [0.717, 1.165) is 25.0 Å². The summed E-state index contributed by atoms with van der Waals surface area (Å²) in [4.78, 5) is 4.08. The minimum atomic E-state index is -4.33. The van der Waals surface area contributed by atoms with Crippen molar-refractivity contribution in [3.05, 3.63) is 17.7 Å². The zero-order valence-corrected chi connectivity index (χ0v) is 9.67. The van der Waals surface area contributed by atoms with Crippen LogP contribution in [0.2, 0.25) is 0 Å². The van der Waals surface area contributed by atoms with Crippen LogP contribution in [0.4, 0.5) is 13.2 Å². The Hall–Kier alpha value is -1.04. The second kappa shape index (κ2) is 4.33. The van der Waals surface area contributed by atoms with Gasteiger partial charge in [-0.15, -0.1) is 0 Å². The van der Waals surface area contributed by atoms with Crippen LogP contribution >= 0.6 is 0 Å². The zero-order chi connectivity index (χ0) is 12.6. The number of imidazole rings is 1. The Labute approximate surface area is 97.8 Å². The lowest BCUT2D eigenvalue weighted by atomic mass is 10.00. The molecule has 0 fully saturated rings. The largest absolute Gasteiger partial charge is 0.410 e. The molecule has 1 aromatic heterocycles. The van der Waals surface area contributed by atoms with Gasteiger partial charge in [0.1, 0.15) is 6.04 Å². The Morgan fingerprint density at radius 3 is 2.59 bits per heavy atom. The molecule has 2 rings (SSSR count). The van der Waals surface area contributed by atoms with Gasteiger partial charge < -0.3 is 10.3 Å². The Bertz CT molecular complexity index is 395. The van der Waals surface area contributed by atoms with E-state index < -0.39 is 18.3 Å². The van der Waals surface area contributed by atoms with E-state index in [1.807, 2.05) is 0 Å². The number of nitrogens with zero attached hydrogens (tertiary/aromatic N) is 2. The molecule has 2 N–H and O–H groups in total. The van der Waals surface area contributed by atoms with Crippen LogP contribution in [0.3, 0.4) is 0 Å². The maximum absolute atomic E-state index is 13.0. The van der Waals surface area contributed by atoms with Gasteiger partial charge in [-0.25, -0.2) is 4.98 Å². The third-order valence-corrected chi connectivity index (χ3v) is 3.19. The van der Waals surface area contributed by atoms with Crippen LogP contribution in [0.5, 0.6) is 0 Å². The number of aryl methyl sites for hydroxylation is 1. The highest BCUT2D eigenvalue weighted by atomic mass is 19.4. The predicted octanol–water partition coefficient (Wildman–Crippen LogP) is 2.21. The first-order valence-corrected chi connectivity index (χ1v) is 5.78. The first-order valence-electron chi connectivity index (χ1n) is 5.78. The highest BCUT2D eigenvalue weighted by Gasteiger charge is 2.44. The molecule has 2 atom stereocenters. The molecule has 0 spiro atoms. The van der Waals surface area contributed by atoms with Crippen LogP contribution in [0.15, 0.2) is 6.33 Å². The normalized spacial score (nSPS) is 19.8. The van der Waals surface area contributed by atoms with Crippen molar-refractivity contribution in [2.45, 2.75) is 50.9 Å². The van der Waals surface area contributed by atoms with Crippen LogP contribution in [0, 0.1) is 0 Å². The number of hydrogen-bond acceptors (Lipinski definition) is 2. The van der Waals surface area contributed by atoms with Gasteiger partial charge in [-0.2, -0.15) is 13.2 Å². The monoisotopic (exact) mass is 247 g/mol. The van der Waals surface area contributed by atoms with E-state index in [1.165, 1.54) is 17.8 Å². The lowest BCUT2D eigenvalue weighted by Crippen LogP contribution is -2.40. The molecule has 96 valence electrons. The molecule has 0 amide bonds. The summed E-state index contributed by atoms with van der Waals surface area (Å²) < 4.78 is 40.1. The second-order valence-corrected chi connectivity index (χ2v) is 4.60. The summed E-state index contributed by atoms with van der Waals surface area (Å²) in [6.07, 6.45) is 0.305. The average molecular weight is 247 g/mol. The SMILES string of the molecule is CC(N)C(n1cnc2c1CCCC2)C(F)(F)F. The number of halogens is 3. The summed E-state index contributed by atoms with van der Waals surface area (Å²) in [5, 5.41) is 0. The Kier molecular flexibility index (Phi) is 3.16. The van der Waals surface area contributed by atoms with Crippen molar-refractivity contribution in [1.82, 2.24) is 9.55 Å². The molecule has 1 aliphatic carbocycles. The third kappa shape index (κ3) is 2.31. The fourth-order valence-corrected chi connectivity index (χ4v) is 2.44. The van der Waals surface area contributed by atoms with Gasteiger partial charge in [0.2, 0.25) is 0 Å². The Balaban J connectivity index is 2.40. The summed E-state index contributed by atoms with van der Waals surface area (Å²) >= 11 is 0. The summed E-state index contributed by atoms with van der Waals surface area (Å²) in [5.41, 5.74) is 6.98. The number of fused-ring (bicyclic) bond motifs is 1. The van der Waals surface area contributed by atoms with Crippen molar-refractivity contribution < 1.29 is 13.2 Å². The number of hydrogen-bond donors (Lipinski definition) is 1. The van der Waals surface area contributed by atoms with E-state index in [-0.39, 0.29) is 0 Å². The van der Waals surface area contributed by atoms with Crippen LogP contribution in [-0.4, -0.2) is 21.8 Å². The van der Waals surface area contributed by atoms with E-state index >= 15 is 0 Å². The first kappa shape index (κ1) is 12.4. The molecule has 0 aliphatic heterocycles. The number of rotatable bonds is 2. The lowest BCUT2D eigenvalue weighted by Gasteiger charge is -2.27. The molecular weight excluding hydrogens is 231 g/mol. The quantitative estimate of drug-likeness (QED) is 0.870. The fourth-order valence-electron chi connectivity index (χ4n) is 2.44. The highest BCUT2D eigenvalue weighted by molar-refractivity contribution is 5.18. The van der Waals surface area contributed by atoms with E-state index in [1.54, 1.807) is 0 Å². The molecule has 0 aromatic carbocycles. The van der Waals surface area contributed by atoms with Gasteiger partial charge in [0, 0.05) is 11.7 Å². The molecule has 0 radical (unpaired) electrons. The summed E-state index contributed by atoms with van der Waals surface area (Å²) in [5.74, 6) is 0. The molecule has 0 saturated heterocycles. The highest BCUT2D eigenvalue weighted by Crippen LogP contribution is 2.35. The minimum absolute atomic E-state index is 0.661. The lowest BCUT2D eigenvalue weighted by molar-refractivity contribution is -0.172. The van der Waals surface area contributed by atoms with Crippen LogP contribution in [0.25, 0.3) is 0 Å². The maximum Gasteiger partial charge on any atom is 0.410 e. The zero-order valence-electron chi connectivity index (χ0n) is 9.67. The third-order valence-electron chi connectivity index (χ3n) is 3.19. The molecule has 1 heterocycles. The van der Waals surface area contributed by atoms with E-state index in [9.17, 15) is 13.2 Å². The van der Waals surface area contributed by atoms with Crippen molar-refractivity contribution in [2.24, 2.45) is 5.73 Å². The predicted molar refractivity (Wildman–Crippen MR) is 57.6 cm³/mol. The Morgan fingerprint density at radius 2 is 2.00 bits per heavy atom. The first-order chi connectivity index (χ1) is 7.91.